The van der Waals surface area contributed by atoms with Crippen molar-refractivity contribution < 1.29 is 17.6 Å². The van der Waals surface area contributed by atoms with Crippen molar-refractivity contribution in [1.82, 2.24) is 9.88 Å². The minimum absolute atomic E-state index is 0.0574. The number of aryl methyl sites for hydroxylation is 1. The summed E-state index contributed by atoms with van der Waals surface area (Å²) in [4.78, 5) is 19.2. The zero-order chi connectivity index (χ0) is 21.8. The third kappa shape index (κ3) is 4.88. The third-order valence-corrected chi connectivity index (χ3v) is 7.37. The van der Waals surface area contributed by atoms with E-state index >= 15 is 0 Å². The van der Waals surface area contributed by atoms with E-state index in [2.05, 4.69) is 0 Å². The van der Waals surface area contributed by atoms with E-state index < -0.39 is 9.84 Å². The topological polar surface area (TPSA) is 80.5 Å². The number of carbonyl (C=O) groups is 1. The number of hydrogen-bond acceptors (Lipinski definition) is 5. The molecule has 0 radical (unpaired) electrons. The lowest BCUT2D eigenvalue weighted by Gasteiger charge is -2.26. The Hall–Kier alpha value is -2.93. The van der Waals surface area contributed by atoms with Gasteiger partial charge in [0.2, 0.25) is 5.91 Å². The van der Waals surface area contributed by atoms with Crippen LogP contribution in [0.15, 0.2) is 65.1 Å². The summed E-state index contributed by atoms with van der Waals surface area (Å²) in [5, 5.41) is 0. The van der Waals surface area contributed by atoms with Crippen molar-refractivity contribution in [3.63, 3.8) is 0 Å². The number of aromatic nitrogens is 1. The van der Waals surface area contributed by atoms with Crippen LogP contribution in [0.3, 0.4) is 0 Å². The molecule has 0 N–H and O–H groups in total. The average molecular weight is 439 g/mol. The molecule has 0 saturated carbocycles. The van der Waals surface area contributed by atoms with E-state index in [9.17, 15) is 13.2 Å². The molecule has 2 heterocycles. The molecule has 4 rings (SSSR count). The van der Waals surface area contributed by atoms with Crippen LogP contribution >= 0.6 is 0 Å². The second kappa shape index (κ2) is 9.06. The number of oxazole rings is 1. The monoisotopic (exact) mass is 438 g/mol. The first-order chi connectivity index (χ1) is 15.0. The van der Waals surface area contributed by atoms with Crippen molar-refractivity contribution in [3.05, 3.63) is 66.6 Å². The average Bonchev–Trinajstić information content (AvgIpc) is 3.37. The Morgan fingerprint density at radius 3 is 2.29 bits per heavy atom. The van der Waals surface area contributed by atoms with E-state index in [-0.39, 0.29) is 29.9 Å². The maximum Gasteiger partial charge on any atom is 0.223 e. The first kappa shape index (κ1) is 21.3. The van der Waals surface area contributed by atoms with Crippen molar-refractivity contribution >= 4 is 15.7 Å². The van der Waals surface area contributed by atoms with Crippen LogP contribution in [0.4, 0.5) is 0 Å². The zero-order valence-corrected chi connectivity index (χ0v) is 18.3. The van der Waals surface area contributed by atoms with Crippen LogP contribution in [0.5, 0.6) is 0 Å². The lowest BCUT2D eigenvalue weighted by molar-refractivity contribution is -0.132. The molecule has 2 aromatic carbocycles. The Balaban J connectivity index is 1.54. The predicted octanol–water partition coefficient (Wildman–Crippen LogP) is 3.98. The lowest BCUT2D eigenvalue weighted by atomic mass is 10.1. The number of sulfone groups is 1. The normalized spacial score (nSPS) is 17.5. The molecule has 1 atom stereocenters. The fourth-order valence-corrected chi connectivity index (χ4v) is 5.80. The standard InChI is InChI=1S/C24H26N2O4S/c1-2-26(20-15-16-31(28,29)17-20)22(27)14-13-21-25-23(18-9-5-3-6-10-18)24(30-21)19-11-7-4-8-12-19/h3-12,20H,2,13-17H2,1H3. The van der Waals surface area contributed by atoms with Gasteiger partial charge in [0.25, 0.3) is 0 Å². The van der Waals surface area contributed by atoms with Crippen LogP contribution < -0.4 is 0 Å². The molecule has 0 bridgehead atoms. The first-order valence-electron chi connectivity index (χ1n) is 10.6. The lowest BCUT2D eigenvalue weighted by Crippen LogP contribution is -2.41. The minimum atomic E-state index is -3.04. The van der Waals surface area contributed by atoms with Crippen molar-refractivity contribution in [2.24, 2.45) is 0 Å². The summed E-state index contributed by atoms with van der Waals surface area (Å²) >= 11 is 0. The first-order valence-corrected chi connectivity index (χ1v) is 12.4. The minimum Gasteiger partial charge on any atom is -0.440 e. The van der Waals surface area contributed by atoms with Gasteiger partial charge in [-0.2, -0.15) is 0 Å². The van der Waals surface area contributed by atoms with E-state index in [4.69, 9.17) is 9.40 Å². The molecule has 1 saturated heterocycles. The van der Waals surface area contributed by atoms with Gasteiger partial charge in [-0.15, -0.1) is 0 Å². The van der Waals surface area contributed by atoms with Crippen LogP contribution in [-0.4, -0.2) is 48.3 Å². The van der Waals surface area contributed by atoms with Crippen LogP contribution in [-0.2, 0) is 21.1 Å². The number of amides is 1. The number of benzene rings is 2. The molecule has 1 aliphatic rings. The molecule has 3 aromatic rings. The molecule has 6 nitrogen and oxygen atoms in total. The highest BCUT2D eigenvalue weighted by atomic mass is 32.2. The van der Waals surface area contributed by atoms with Gasteiger partial charge >= 0.3 is 0 Å². The Kier molecular flexibility index (Phi) is 6.23. The van der Waals surface area contributed by atoms with Crippen molar-refractivity contribution in [3.8, 4) is 22.6 Å². The summed E-state index contributed by atoms with van der Waals surface area (Å²) < 4.78 is 29.7. The summed E-state index contributed by atoms with van der Waals surface area (Å²) in [5.74, 6) is 1.33. The third-order valence-electron chi connectivity index (χ3n) is 5.62. The Bertz CT molecular complexity index is 1080. The van der Waals surface area contributed by atoms with Gasteiger partial charge in [-0.25, -0.2) is 13.4 Å². The van der Waals surface area contributed by atoms with Gasteiger partial charge in [0, 0.05) is 36.6 Å². The van der Waals surface area contributed by atoms with Crippen molar-refractivity contribution in [1.29, 1.82) is 0 Å². The quantitative estimate of drug-likeness (QED) is 0.557. The second-order valence-electron chi connectivity index (χ2n) is 7.75. The SMILES string of the molecule is CCN(C(=O)CCc1nc(-c2ccccc2)c(-c2ccccc2)o1)C1CCS(=O)(=O)C1. The maximum atomic E-state index is 12.8. The Morgan fingerprint density at radius 1 is 1.06 bits per heavy atom. The summed E-state index contributed by atoms with van der Waals surface area (Å²) in [5.41, 5.74) is 2.63. The number of hydrogen-bond donors (Lipinski definition) is 0. The van der Waals surface area contributed by atoms with Gasteiger partial charge in [0.1, 0.15) is 5.69 Å². The van der Waals surface area contributed by atoms with Gasteiger partial charge < -0.3 is 9.32 Å². The molecule has 31 heavy (non-hydrogen) atoms. The van der Waals surface area contributed by atoms with Gasteiger partial charge in [-0.3, -0.25) is 4.79 Å². The predicted molar refractivity (Wildman–Crippen MR) is 120 cm³/mol. The molecule has 1 amide bonds. The molecular formula is C24H26N2O4S. The van der Waals surface area contributed by atoms with Crippen LogP contribution in [0, 0.1) is 0 Å². The summed E-state index contributed by atoms with van der Waals surface area (Å²) in [6.07, 6.45) is 1.10. The second-order valence-corrected chi connectivity index (χ2v) is 9.98. The molecular weight excluding hydrogens is 412 g/mol. The largest absolute Gasteiger partial charge is 0.440 e. The van der Waals surface area contributed by atoms with Crippen LogP contribution in [0.1, 0.15) is 25.7 Å². The van der Waals surface area contributed by atoms with E-state index in [0.717, 1.165) is 16.8 Å². The zero-order valence-electron chi connectivity index (χ0n) is 17.5. The van der Waals surface area contributed by atoms with Crippen LogP contribution in [0.2, 0.25) is 0 Å². The fourth-order valence-electron chi connectivity index (χ4n) is 4.07. The number of carbonyl (C=O) groups excluding carboxylic acids is 1. The van der Waals surface area contributed by atoms with Crippen molar-refractivity contribution in [2.75, 3.05) is 18.1 Å². The van der Waals surface area contributed by atoms with Gasteiger partial charge in [0.15, 0.2) is 21.5 Å². The smallest absolute Gasteiger partial charge is 0.223 e. The molecule has 1 unspecified atom stereocenters. The Morgan fingerprint density at radius 2 is 1.71 bits per heavy atom. The molecule has 0 spiro atoms. The van der Waals surface area contributed by atoms with Gasteiger partial charge in [-0.05, 0) is 13.3 Å². The van der Waals surface area contributed by atoms with Gasteiger partial charge in [0.05, 0.1) is 11.5 Å². The van der Waals surface area contributed by atoms with Gasteiger partial charge in [-0.1, -0.05) is 60.7 Å². The fraction of sp³-hybridized carbons (Fsp3) is 0.333. The number of rotatable bonds is 7. The maximum absolute atomic E-state index is 12.8. The Labute approximate surface area is 182 Å². The molecule has 7 heteroatoms. The summed E-state index contributed by atoms with van der Waals surface area (Å²) in [7, 11) is -3.04. The van der Waals surface area contributed by atoms with E-state index in [1.165, 1.54) is 0 Å². The number of nitrogens with zero attached hydrogens (tertiary/aromatic N) is 2. The molecule has 1 fully saturated rings. The highest BCUT2D eigenvalue weighted by molar-refractivity contribution is 7.91. The molecule has 162 valence electrons. The summed E-state index contributed by atoms with van der Waals surface area (Å²) in [6.45, 7) is 2.38. The molecule has 0 aliphatic carbocycles. The van der Waals surface area contributed by atoms with Crippen LogP contribution in [0.25, 0.3) is 22.6 Å². The van der Waals surface area contributed by atoms with Crippen molar-refractivity contribution in [2.45, 2.75) is 32.2 Å². The van der Waals surface area contributed by atoms with E-state index in [1.807, 2.05) is 67.6 Å². The van der Waals surface area contributed by atoms with E-state index in [1.54, 1.807) is 4.90 Å². The molecule has 1 aliphatic heterocycles. The van der Waals surface area contributed by atoms with E-state index in [0.29, 0.717) is 31.0 Å². The highest BCUT2D eigenvalue weighted by Gasteiger charge is 2.33. The summed E-state index contributed by atoms with van der Waals surface area (Å²) in [6, 6.07) is 19.4. The molecule has 1 aromatic heterocycles. The highest BCUT2D eigenvalue weighted by Crippen LogP contribution is 2.33.